The maximum Gasteiger partial charge on any atom is 0.225 e. The average molecular weight is 250 g/mol. The SMILES string of the molecule is Cc1ccc(CNC(=O)C2CCCCCC2N)o1. The monoisotopic (exact) mass is 250 g/mol. The number of carbonyl (C=O) groups excluding carboxylic acids is 1. The van der Waals surface area contributed by atoms with Gasteiger partial charge in [-0.15, -0.1) is 0 Å². The molecule has 1 heterocycles. The predicted octanol–water partition coefficient (Wildman–Crippen LogP) is 2.11. The van der Waals surface area contributed by atoms with Crippen LogP contribution in [0, 0.1) is 12.8 Å². The van der Waals surface area contributed by atoms with E-state index in [1.807, 2.05) is 19.1 Å². The van der Waals surface area contributed by atoms with Crippen molar-refractivity contribution in [3.05, 3.63) is 23.7 Å². The minimum absolute atomic E-state index is 0.00540. The van der Waals surface area contributed by atoms with Crippen LogP contribution in [-0.4, -0.2) is 11.9 Å². The standard InChI is InChI=1S/C14H22N2O2/c1-10-7-8-11(18-10)9-16-14(17)12-5-3-2-4-6-13(12)15/h7-8,12-13H,2-6,9,15H2,1H3,(H,16,17). The van der Waals surface area contributed by atoms with Crippen LogP contribution in [0.25, 0.3) is 0 Å². The lowest BCUT2D eigenvalue weighted by Crippen LogP contribution is -2.41. The summed E-state index contributed by atoms with van der Waals surface area (Å²) in [7, 11) is 0. The first-order valence-electron chi connectivity index (χ1n) is 6.75. The van der Waals surface area contributed by atoms with E-state index in [1.54, 1.807) is 0 Å². The van der Waals surface area contributed by atoms with E-state index in [1.165, 1.54) is 6.42 Å². The van der Waals surface area contributed by atoms with Crippen LogP contribution in [0.4, 0.5) is 0 Å². The lowest BCUT2D eigenvalue weighted by molar-refractivity contribution is -0.126. The summed E-state index contributed by atoms with van der Waals surface area (Å²) in [6, 6.07) is 3.80. The molecule has 4 heteroatoms. The zero-order chi connectivity index (χ0) is 13.0. The third-order valence-corrected chi connectivity index (χ3v) is 3.64. The normalized spacial score (nSPS) is 24.6. The predicted molar refractivity (Wildman–Crippen MR) is 69.8 cm³/mol. The van der Waals surface area contributed by atoms with Crippen molar-refractivity contribution in [2.24, 2.45) is 11.7 Å². The van der Waals surface area contributed by atoms with Crippen molar-refractivity contribution >= 4 is 5.91 Å². The Labute approximate surface area is 108 Å². The molecule has 3 N–H and O–H groups in total. The number of nitrogens with two attached hydrogens (primary N) is 1. The second kappa shape index (κ2) is 6.05. The summed E-state index contributed by atoms with van der Waals surface area (Å²) in [5, 5.41) is 2.93. The van der Waals surface area contributed by atoms with Crippen LogP contribution in [0.2, 0.25) is 0 Å². The number of hydrogen-bond acceptors (Lipinski definition) is 3. The highest BCUT2D eigenvalue weighted by Crippen LogP contribution is 2.22. The first-order valence-corrected chi connectivity index (χ1v) is 6.75. The number of nitrogens with one attached hydrogen (secondary N) is 1. The molecule has 1 amide bonds. The molecule has 0 spiro atoms. The maximum atomic E-state index is 12.1. The molecule has 18 heavy (non-hydrogen) atoms. The van der Waals surface area contributed by atoms with Gasteiger partial charge in [0.2, 0.25) is 5.91 Å². The van der Waals surface area contributed by atoms with Crippen LogP contribution in [-0.2, 0) is 11.3 Å². The highest BCUT2D eigenvalue weighted by atomic mass is 16.3. The lowest BCUT2D eigenvalue weighted by atomic mass is 9.94. The van der Waals surface area contributed by atoms with Crippen LogP contribution in [0.3, 0.4) is 0 Å². The van der Waals surface area contributed by atoms with Gasteiger partial charge in [-0.3, -0.25) is 4.79 Å². The van der Waals surface area contributed by atoms with Gasteiger partial charge < -0.3 is 15.5 Å². The average Bonchev–Trinajstić information content (AvgIpc) is 2.64. The summed E-state index contributed by atoms with van der Waals surface area (Å²) in [4.78, 5) is 12.1. The van der Waals surface area contributed by atoms with Crippen molar-refractivity contribution in [1.82, 2.24) is 5.32 Å². The van der Waals surface area contributed by atoms with E-state index in [4.69, 9.17) is 10.2 Å². The van der Waals surface area contributed by atoms with Crippen LogP contribution >= 0.6 is 0 Å². The Bertz CT molecular complexity index is 400. The van der Waals surface area contributed by atoms with Gasteiger partial charge in [-0.2, -0.15) is 0 Å². The number of amides is 1. The van der Waals surface area contributed by atoms with Gasteiger partial charge in [0, 0.05) is 6.04 Å². The number of hydrogen-bond donors (Lipinski definition) is 2. The van der Waals surface area contributed by atoms with Crippen LogP contribution in [0.1, 0.15) is 43.6 Å². The first kappa shape index (κ1) is 13.1. The van der Waals surface area contributed by atoms with E-state index < -0.39 is 0 Å². The molecule has 2 unspecified atom stereocenters. The smallest absolute Gasteiger partial charge is 0.225 e. The molecule has 1 aromatic rings. The van der Waals surface area contributed by atoms with Gasteiger partial charge in [0.05, 0.1) is 12.5 Å². The Kier molecular flexibility index (Phi) is 4.42. The van der Waals surface area contributed by atoms with Gasteiger partial charge in [-0.25, -0.2) is 0 Å². The molecule has 0 aliphatic heterocycles. The summed E-state index contributed by atoms with van der Waals surface area (Å²) in [6.45, 7) is 2.35. The number of aryl methyl sites for hydroxylation is 1. The Morgan fingerprint density at radius 3 is 2.89 bits per heavy atom. The Morgan fingerprint density at radius 1 is 1.39 bits per heavy atom. The molecule has 0 radical (unpaired) electrons. The fourth-order valence-electron chi connectivity index (χ4n) is 2.55. The number of carbonyl (C=O) groups is 1. The molecule has 1 saturated carbocycles. The van der Waals surface area contributed by atoms with E-state index in [-0.39, 0.29) is 17.9 Å². The van der Waals surface area contributed by atoms with Gasteiger partial charge in [0.1, 0.15) is 11.5 Å². The van der Waals surface area contributed by atoms with E-state index in [9.17, 15) is 4.79 Å². The fourth-order valence-corrected chi connectivity index (χ4v) is 2.55. The van der Waals surface area contributed by atoms with Crippen LogP contribution < -0.4 is 11.1 Å². The second-order valence-electron chi connectivity index (χ2n) is 5.14. The van der Waals surface area contributed by atoms with Crippen molar-refractivity contribution in [1.29, 1.82) is 0 Å². The summed E-state index contributed by atoms with van der Waals surface area (Å²) in [6.07, 6.45) is 5.30. The minimum atomic E-state index is -0.0384. The zero-order valence-electron chi connectivity index (χ0n) is 10.9. The van der Waals surface area contributed by atoms with Gasteiger partial charge >= 0.3 is 0 Å². The van der Waals surface area contributed by atoms with Gasteiger partial charge in [-0.05, 0) is 31.9 Å². The number of furan rings is 1. The molecule has 0 bridgehead atoms. The third kappa shape index (κ3) is 3.35. The quantitative estimate of drug-likeness (QED) is 0.807. The van der Waals surface area contributed by atoms with Crippen molar-refractivity contribution in [2.45, 2.75) is 51.6 Å². The van der Waals surface area contributed by atoms with E-state index >= 15 is 0 Å². The molecule has 2 rings (SSSR count). The van der Waals surface area contributed by atoms with Gasteiger partial charge in [0.25, 0.3) is 0 Å². The molecule has 4 nitrogen and oxygen atoms in total. The molecule has 1 fully saturated rings. The van der Waals surface area contributed by atoms with Crippen molar-refractivity contribution in [3.8, 4) is 0 Å². The van der Waals surface area contributed by atoms with Crippen molar-refractivity contribution in [2.75, 3.05) is 0 Å². The Morgan fingerprint density at radius 2 is 2.17 bits per heavy atom. The van der Waals surface area contributed by atoms with Crippen molar-refractivity contribution in [3.63, 3.8) is 0 Å². The summed E-state index contributed by atoms with van der Waals surface area (Å²) in [5.74, 6) is 1.69. The topological polar surface area (TPSA) is 68.3 Å². The van der Waals surface area contributed by atoms with Crippen molar-refractivity contribution < 1.29 is 9.21 Å². The minimum Gasteiger partial charge on any atom is -0.465 e. The van der Waals surface area contributed by atoms with E-state index in [0.29, 0.717) is 6.54 Å². The fraction of sp³-hybridized carbons (Fsp3) is 0.643. The molecule has 0 saturated heterocycles. The Hall–Kier alpha value is -1.29. The third-order valence-electron chi connectivity index (χ3n) is 3.64. The van der Waals surface area contributed by atoms with Gasteiger partial charge in [0.15, 0.2) is 0 Å². The molecule has 2 atom stereocenters. The van der Waals surface area contributed by atoms with E-state index in [0.717, 1.165) is 37.2 Å². The Balaban J connectivity index is 1.86. The summed E-state index contributed by atoms with van der Waals surface area (Å²) in [5.41, 5.74) is 6.07. The highest BCUT2D eigenvalue weighted by molar-refractivity contribution is 5.79. The highest BCUT2D eigenvalue weighted by Gasteiger charge is 2.26. The molecule has 1 aliphatic carbocycles. The summed E-state index contributed by atoms with van der Waals surface area (Å²) < 4.78 is 5.43. The molecule has 1 aromatic heterocycles. The molecular weight excluding hydrogens is 228 g/mol. The molecule has 1 aliphatic rings. The van der Waals surface area contributed by atoms with E-state index in [2.05, 4.69) is 5.32 Å². The van der Waals surface area contributed by atoms with Gasteiger partial charge in [-0.1, -0.05) is 19.3 Å². The maximum absolute atomic E-state index is 12.1. The first-order chi connectivity index (χ1) is 8.66. The zero-order valence-corrected chi connectivity index (χ0v) is 10.9. The second-order valence-corrected chi connectivity index (χ2v) is 5.14. The lowest BCUT2D eigenvalue weighted by Gasteiger charge is -2.20. The summed E-state index contributed by atoms with van der Waals surface area (Å²) >= 11 is 0. The number of rotatable bonds is 3. The molecule has 0 aromatic carbocycles. The van der Waals surface area contributed by atoms with Crippen LogP contribution in [0.5, 0.6) is 0 Å². The largest absolute Gasteiger partial charge is 0.465 e. The molecular formula is C14H22N2O2. The van der Waals surface area contributed by atoms with Crippen LogP contribution in [0.15, 0.2) is 16.5 Å². The molecule has 100 valence electrons.